The second-order valence-corrected chi connectivity index (χ2v) is 6.36. The zero-order valence-corrected chi connectivity index (χ0v) is 15.5. The summed E-state index contributed by atoms with van der Waals surface area (Å²) in [5.41, 5.74) is 0. The monoisotopic (exact) mass is 328 g/mol. The molecule has 1 N–H and O–H groups in total. The molecule has 0 heterocycles. The van der Waals surface area contributed by atoms with Crippen molar-refractivity contribution in [3.63, 3.8) is 0 Å². The van der Waals surface area contributed by atoms with E-state index in [0.29, 0.717) is 19.8 Å². The first-order valence-electron chi connectivity index (χ1n) is 9.80. The third-order valence-electron chi connectivity index (χ3n) is 4.08. The molecule has 0 fully saturated rings. The molecule has 3 heteroatoms. The average Bonchev–Trinajstić information content (AvgIpc) is 2.55. The smallest absolute Gasteiger partial charge is 0.111 e. The van der Waals surface area contributed by atoms with E-state index in [2.05, 4.69) is 13.5 Å². The Bertz CT molecular complexity index is 241. The van der Waals surface area contributed by atoms with Crippen molar-refractivity contribution in [2.75, 3.05) is 26.4 Å². The highest BCUT2D eigenvalue weighted by atomic mass is 16.5. The highest BCUT2D eigenvalue weighted by Crippen LogP contribution is 2.14. The first kappa shape index (κ1) is 22.5. The maximum absolute atomic E-state index is 8.57. The van der Waals surface area contributed by atoms with Gasteiger partial charge in [0.25, 0.3) is 0 Å². The summed E-state index contributed by atoms with van der Waals surface area (Å²) < 4.78 is 10.6. The van der Waals surface area contributed by atoms with Crippen LogP contribution in [0.2, 0.25) is 0 Å². The second-order valence-electron chi connectivity index (χ2n) is 6.36. The van der Waals surface area contributed by atoms with E-state index in [1.54, 1.807) is 0 Å². The molecule has 23 heavy (non-hydrogen) atoms. The van der Waals surface area contributed by atoms with Gasteiger partial charge in [-0.2, -0.15) is 0 Å². The number of aliphatic hydroxyl groups excluding tert-OH is 1. The molecule has 0 aromatic heterocycles. The molecule has 0 aromatic carbocycles. The Morgan fingerprint density at radius 3 is 1.78 bits per heavy atom. The van der Waals surface area contributed by atoms with Crippen LogP contribution in [0.25, 0.3) is 0 Å². The van der Waals surface area contributed by atoms with E-state index in [-0.39, 0.29) is 6.61 Å². The largest absolute Gasteiger partial charge is 0.496 e. The number of rotatable bonds is 19. The Labute approximate surface area is 144 Å². The topological polar surface area (TPSA) is 38.7 Å². The summed E-state index contributed by atoms with van der Waals surface area (Å²) in [4.78, 5) is 0. The van der Waals surface area contributed by atoms with Gasteiger partial charge >= 0.3 is 0 Å². The van der Waals surface area contributed by atoms with E-state index in [9.17, 15) is 0 Å². The highest BCUT2D eigenvalue weighted by Gasteiger charge is 1.97. The first-order valence-corrected chi connectivity index (χ1v) is 9.80. The van der Waals surface area contributed by atoms with Crippen LogP contribution in [-0.2, 0) is 9.47 Å². The van der Waals surface area contributed by atoms with Crippen molar-refractivity contribution in [1.29, 1.82) is 0 Å². The van der Waals surface area contributed by atoms with Crippen molar-refractivity contribution in [3.05, 3.63) is 12.3 Å². The Kier molecular flexibility index (Phi) is 19.0. The standard InChI is InChI=1S/C20H40O3/c1-3-4-5-6-7-8-9-10-11-12-13-14-15-20(2)23-19-18-22-17-16-21/h21H,2-19H2,1H3. The Morgan fingerprint density at radius 2 is 1.26 bits per heavy atom. The number of allylic oxidation sites excluding steroid dienone is 1. The van der Waals surface area contributed by atoms with E-state index in [1.807, 2.05) is 0 Å². The van der Waals surface area contributed by atoms with Gasteiger partial charge < -0.3 is 14.6 Å². The summed E-state index contributed by atoms with van der Waals surface area (Å²) in [7, 11) is 0. The van der Waals surface area contributed by atoms with E-state index in [0.717, 1.165) is 12.2 Å². The van der Waals surface area contributed by atoms with Gasteiger partial charge in [0.2, 0.25) is 0 Å². The van der Waals surface area contributed by atoms with Crippen LogP contribution >= 0.6 is 0 Å². The minimum Gasteiger partial charge on any atom is -0.496 e. The number of unbranched alkanes of at least 4 members (excludes halogenated alkanes) is 11. The predicted molar refractivity (Wildman–Crippen MR) is 98.7 cm³/mol. The highest BCUT2D eigenvalue weighted by molar-refractivity contribution is 4.81. The molecule has 138 valence electrons. The van der Waals surface area contributed by atoms with Gasteiger partial charge in [-0.15, -0.1) is 0 Å². The molecule has 0 atom stereocenters. The molecule has 0 spiro atoms. The van der Waals surface area contributed by atoms with Crippen LogP contribution in [0.5, 0.6) is 0 Å². The van der Waals surface area contributed by atoms with E-state index in [1.165, 1.54) is 77.0 Å². The van der Waals surface area contributed by atoms with E-state index < -0.39 is 0 Å². The molecule has 0 aliphatic heterocycles. The van der Waals surface area contributed by atoms with Gasteiger partial charge in [0.15, 0.2) is 0 Å². The summed E-state index contributed by atoms with van der Waals surface area (Å²) in [6.45, 7) is 7.72. The molecular formula is C20H40O3. The van der Waals surface area contributed by atoms with Gasteiger partial charge in [0, 0.05) is 6.42 Å². The SMILES string of the molecule is C=C(CCCCCCCCCCCCCC)OCCOCCO. The Morgan fingerprint density at radius 1 is 0.739 bits per heavy atom. The van der Waals surface area contributed by atoms with Gasteiger partial charge in [0.05, 0.1) is 25.6 Å². The van der Waals surface area contributed by atoms with Gasteiger partial charge in [-0.05, 0) is 6.42 Å². The minimum absolute atomic E-state index is 0.0692. The number of aliphatic hydroxyl groups is 1. The van der Waals surface area contributed by atoms with Crippen LogP contribution in [-0.4, -0.2) is 31.5 Å². The van der Waals surface area contributed by atoms with Gasteiger partial charge in [-0.25, -0.2) is 0 Å². The second kappa shape index (κ2) is 19.5. The van der Waals surface area contributed by atoms with Crippen LogP contribution in [0, 0.1) is 0 Å². The maximum atomic E-state index is 8.57. The molecule has 0 amide bonds. The zero-order chi connectivity index (χ0) is 17.0. The van der Waals surface area contributed by atoms with Crippen LogP contribution < -0.4 is 0 Å². The van der Waals surface area contributed by atoms with Crippen molar-refractivity contribution >= 4 is 0 Å². The van der Waals surface area contributed by atoms with Gasteiger partial charge in [0.1, 0.15) is 6.61 Å². The predicted octanol–water partition coefficient (Wildman–Crippen LogP) is 5.62. The van der Waals surface area contributed by atoms with Crippen molar-refractivity contribution < 1.29 is 14.6 Å². The fourth-order valence-corrected chi connectivity index (χ4v) is 2.65. The van der Waals surface area contributed by atoms with Gasteiger partial charge in [-0.3, -0.25) is 0 Å². The van der Waals surface area contributed by atoms with Crippen LogP contribution in [0.3, 0.4) is 0 Å². The summed E-state index contributed by atoms with van der Waals surface area (Å²) >= 11 is 0. The lowest BCUT2D eigenvalue weighted by Gasteiger charge is -2.09. The summed E-state index contributed by atoms with van der Waals surface area (Å²) in [5.74, 6) is 0.865. The third-order valence-corrected chi connectivity index (χ3v) is 4.08. The number of hydrogen-bond donors (Lipinski definition) is 1. The Hall–Kier alpha value is -0.540. The summed E-state index contributed by atoms with van der Waals surface area (Å²) in [6, 6.07) is 0. The van der Waals surface area contributed by atoms with E-state index in [4.69, 9.17) is 14.6 Å². The lowest BCUT2D eigenvalue weighted by molar-refractivity contribution is 0.0523. The number of ether oxygens (including phenoxy) is 2. The molecule has 0 saturated carbocycles. The molecule has 0 bridgehead atoms. The van der Waals surface area contributed by atoms with Crippen molar-refractivity contribution in [3.8, 4) is 0 Å². The lowest BCUT2D eigenvalue weighted by Crippen LogP contribution is -2.06. The normalized spacial score (nSPS) is 10.9. The van der Waals surface area contributed by atoms with Crippen LogP contribution in [0.1, 0.15) is 90.4 Å². The minimum atomic E-state index is 0.0692. The summed E-state index contributed by atoms with van der Waals surface area (Å²) in [5, 5.41) is 8.57. The average molecular weight is 329 g/mol. The zero-order valence-electron chi connectivity index (χ0n) is 15.5. The molecule has 0 radical (unpaired) electrons. The maximum Gasteiger partial charge on any atom is 0.111 e. The fraction of sp³-hybridized carbons (Fsp3) is 0.900. The molecule has 0 rings (SSSR count). The quantitative estimate of drug-likeness (QED) is 0.247. The van der Waals surface area contributed by atoms with Gasteiger partial charge in [-0.1, -0.05) is 84.1 Å². The van der Waals surface area contributed by atoms with Crippen molar-refractivity contribution in [1.82, 2.24) is 0 Å². The first-order chi connectivity index (χ1) is 11.3. The molecule has 0 saturated heterocycles. The number of hydrogen-bond acceptors (Lipinski definition) is 3. The molecule has 0 unspecified atom stereocenters. The molecule has 3 nitrogen and oxygen atoms in total. The third kappa shape index (κ3) is 19.4. The van der Waals surface area contributed by atoms with Crippen LogP contribution in [0.15, 0.2) is 12.3 Å². The molecular weight excluding hydrogens is 288 g/mol. The molecule has 0 aliphatic rings. The van der Waals surface area contributed by atoms with Crippen molar-refractivity contribution in [2.45, 2.75) is 90.4 Å². The Balaban J connectivity index is 3.10. The lowest BCUT2D eigenvalue weighted by atomic mass is 10.0. The van der Waals surface area contributed by atoms with Crippen molar-refractivity contribution in [2.24, 2.45) is 0 Å². The van der Waals surface area contributed by atoms with E-state index >= 15 is 0 Å². The van der Waals surface area contributed by atoms with Crippen LogP contribution in [0.4, 0.5) is 0 Å². The fourth-order valence-electron chi connectivity index (χ4n) is 2.65. The molecule has 0 aromatic rings. The summed E-state index contributed by atoms with van der Waals surface area (Å²) in [6.07, 6.45) is 17.4. The molecule has 0 aliphatic carbocycles.